The molecule has 0 unspecified atom stereocenters. The number of carbonyl (C=O) groups is 1. The van der Waals surface area contributed by atoms with Gasteiger partial charge in [-0.25, -0.2) is 5.43 Å². The van der Waals surface area contributed by atoms with Gasteiger partial charge in [0.05, 0.1) is 19.9 Å². The van der Waals surface area contributed by atoms with Crippen molar-refractivity contribution < 1.29 is 14.3 Å². The van der Waals surface area contributed by atoms with E-state index in [1.54, 1.807) is 38.5 Å². The van der Waals surface area contributed by atoms with Crippen LogP contribution in [0, 0.1) is 0 Å². The average molecular weight is 376 g/mol. The Morgan fingerprint density at radius 2 is 1.93 bits per heavy atom. The highest BCUT2D eigenvalue weighted by atomic mass is 16.5. The molecular weight excluding hydrogens is 356 g/mol. The highest BCUT2D eigenvalue weighted by Crippen LogP contribution is 2.32. The van der Waals surface area contributed by atoms with Crippen LogP contribution in [0.2, 0.25) is 0 Å². The summed E-state index contributed by atoms with van der Waals surface area (Å²) in [5.74, 6) is 0.879. The normalized spacial score (nSPS) is 11.1. The number of nitrogens with zero attached hydrogens (tertiary/aromatic N) is 2. The molecule has 3 rings (SSSR count). The van der Waals surface area contributed by atoms with Gasteiger partial charge < -0.3 is 9.47 Å². The fraction of sp³-hybridized carbons (Fsp3) is 0.0952. The summed E-state index contributed by atoms with van der Waals surface area (Å²) in [5, 5.41) is 10.8. The predicted molar refractivity (Wildman–Crippen MR) is 109 cm³/mol. The van der Waals surface area contributed by atoms with Crippen LogP contribution in [0.15, 0.2) is 65.8 Å². The lowest BCUT2D eigenvalue weighted by Crippen LogP contribution is -2.17. The molecule has 0 aliphatic carbocycles. The van der Waals surface area contributed by atoms with Crippen LogP contribution in [0.25, 0.3) is 17.3 Å². The molecular formula is C21H20N4O3. The first-order valence-corrected chi connectivity index (χ1v) is 8.54. The molecule has 0 fully saturated rings. The number of rotatable bonds is 7. The summed E-state index contributed by atoms with van der Waals surface area (Å²) >= 11 is 0. The standard InChI is InChI=1S/C21H20N4O3/c1-27-16-10-11-17(20(13-16)28-2)18-14-19(24-23-18)21(26)25-22-12-6-9-15-7-4-3-5-8-15/h3-14H,1-2H3,(H,23,24)(H,25,26)/b9-6+,22-12-. The summed E-state index contributed by atoms with van der Waals surface area (Å²) in [4.78, 5) is 12.2. The largest absolute Gasteiger partial charge is 0.497 e. The molecule has 0 spiro atoms. The van der Waals surface area contributed by atoms with Crippen molar-refractivity contribution in [3.8, 4) is 22.8 Å². The van der Waals surface area contributed by atoms with E-state index in [1.807, 2.05) is 42.5 Å². The second-order valence-corrected chi connectivity index (χ2v) is 5.72. The van der Waals surface area contributed by atoms with Gasteiger partial charge in [-0.2, -0.15) is 10.2 Å². The topological polar surface area (TPSA) is 88.6 Å². The van der Waals surface area contributed by atoms with Gasteiger partial charge in [-0.1, -0.05) is 36.4 Å². The minimum Gasteiger partial charge on any atom is -0.497 e. The molecule has 0 radical (unpaired) electrons. The summed E-state index contributed by atoms with van der Waals surface area (Å²) in [5.41, 5.74) is 5.12. The van der Waals surface area contributed by atoms with Gasteiger partial charge >= 0.3 is 0 Å². The molecule has 0 saturated heterocycles. The summed E-state index contributed by atoms with van der Waals surface area (Å²) in [6.45, 7) is 0. The first-order chi connectivity index (χ1) is 13.7. The van der Waals surface area contributed by atoms with Crippen LogP contribution in [0.4, 0.5) is 0 Å². The predicted octanol–water partition coefficient (Wildman–Crippen LogP) is 3.52. The SMILES string of the molecule is COc1ccc(-c2cc(C(=O)N/N=C\C=C\c3ccccc3)[nH]n2)c(OC)c1. The number of hydrogen-bond donors (Lipinski definition) is 2. The first-order valence-electron chi connectivity index (χ1n) is 8.54. The molecule has 0 atom stereocenters. The minimum absolute atomic E-state index is 0.289. The summed E-state index contributed by atoms with van der Waals surface area (Å²) in [7, 11) is 3.15. The van der Waals surface area contributed by atoms with Crippen LogP contribution in [0.3, 0.4) is 0 Å². The summed E-state index contributed by atoms with van der Waals surface area (Å²) < 4.78 is 10.6. The molecule has 0 saturated carbocycles. The smallest absolute Gasteiger partial charge is 0.289 e. The second-order valence-electron chi connectivity index (χ2n) is 5.72. The Hall–Kier alpha value is -3.87. The van der Waals surface area contributed by atoms with E-state index in [2.05, 4.69) is 20.7 Å². The van der Waals surface area contributed by atoms with Gasteiger partial charge in [0.2, 0.25) is 0 Å². The fourth-order valence-electron chi connectivity index (χ4n) is 2.50. The van der Waals surface area contributed by atoms with Crippen molar-refractivity contribution >= 4 is 18.2 Å². The van der Waals surface area contributed by atoms with Crippen molar-refractivity contribution in [3.05, 3.63) is 71.9 Å². The number of aromatic nitrogens is 2. The number of allylic oxidation sites excluding steroid dienone is 1. The lowest BCUT2D eigenvalue weighted by Gasteiger charge is -2.08. The number of methoxy groups -OCH3 is 2. The van der Waals surface area contributed by atoms with Crippen LogP contribution in [0.5, 0.6) is 11.5 Å². The number of nitrogens with one attached hydrogen (secondary N) is 2. The number of H-pyrrole nitrogens is 1. The van der Waals surface area contributed by atoms with Gasteiger partial charge in [-0.3, -0.25) is 9.89 Å². The van der Waals surface area contributed by atoms with Crippen LogP contribution < -0.4 is 14.9 Å². The van der Waals surface area contributed by atoms with Crippen molar-refractivity contribution in [2.24, 2.45) is 5.10 Å². The highest BCUT2D eigenvalue weighted by Gasteiger charge is 2.14. The van der Waals surface area contributed by atoms with E-state index in [0.29, 0.717) is 17.2 Å². The Labute approximate surface area is 162 Å². The quantitative estimate of drug-likeness (QED) is 0.488. The molecule has 3 aromatic rings. The van der Waals surface area contributed by atoms with Crippen LogP contribution in [0.1, 0.15) is 16.1 Å². The zero-order chi connectivity index (χ0) is 19.8. The molecule has 2 N–H and O–H groups in total. The van der Waals surface area contributed by atoms with Crippen molar-refractivity contribution in [2.75, 3.05) is 14.2 Å². The Kier molecular flexibility index (Phi) is 6.20. The van der Waals surface area contributed by atoms with Crippen LogP contribution >= 0.6 is 0 Å². The second kappa shape index (κ2) is 9.18. The lowest BCUT2D eigenvalue weighted by molar-refractivity contribution is 0.0950. The summed E-state index contributed by atoms with van der Waals surface area (Å²) in [6, 6.07) is 16.8. The zero-order valence-corrected chi connectivity index (χ0v) is 15.5. The van der Waals surface area contributed by atoms with E-state index in [1.165, 1.54) is 6.21 Å². The van der Waals surface area contributed by atoms with Crippen molar-refractivity contribution in [1.29, 1.82) is 0 Å². The third-order valence-electron chi connectivity index (χ3n) is 3.92. The maximum Gasteiger partial charge on any atom is 0.289 e. The Bertz CT molecular complexity index is 994. The van der Waals surface area contributed by atoms with Gasteiger partial charge in [-0.05, 0) is 29.8 Å². The number of hydrazone groups is 1. The van der Waals surface area contributed by atoms with Crippen LogP contribution in [-0.2, 0) is 0 Å². The lowest BCUT2D eigenvalue weighted by atomic mass is 10.1. The molecule has 1 amide bonds. The fourth-order valence-corrected chi connectivity index (χ4v) is 2.50. The number of hydrogen-bond acceptors (Lipinski definition) is 5. The molecule has 7 heteroatoms. The zero-order valence-electron chi connectivity index (χ0n) is 15.5. The minimum atomic E-state index is -0.393. The maximum atomic E-state index is 12.2. The van der Waals surface area contributed by atoms with Crippen LogP contribution in [-0.4, -0.2) is 36.5 Å². The third-order valence-corrected chi connectivity index (χ3v) is 3.92. The monoisotopic (exact) mass is 376 g/mol. The maximum absolute atomic E-state index is 12.2. The van der Waals surface area contributed by atoms with Gasteiger partial charge in [0, 0.05) is 17.8 Å². The number of amides is 1. The molecule has 0 aliphatic rings. The highest BCUT2D eigenvalue weighted by molar-refractivity contribution is 5.94. The molecule has 142 valence electrons. The molecule has 0 aliphatic heterocycles. The molecule has 28 heavy (non-hydrogen) atoms. The number of ether oxygens (including phenoxy) is 2. The van der Waals surface area contributed by atoms with E-state index in [4.69, 9.17) is 9.47 Å². The molecule has 1 aromatic heterocycles. The molecule has 7 nitrogen and oxygen atoms in total. The van der Waals surface area contributed by atoms with Gasteiger partial charge in [-0.15, -0.1) is 0 Å². The molecule has 0 bridgehead atoms. The Morgan fingerprint density at radius 3 is 2.68 bits per heavy atom. The van der Waals surface area contributed by atoms with E-state index in [0.717, 1.165) is 11.1 Å². The van der Waals surface area contributed by atoms with E-state index in [-0.39, 0.29) is 5.69 Å². The van der Waals surface area contributed by atoms with Gasteiger partial charge in [0.1, 0.15) is 17.2 Å². The number of aromatic amines is 1. The van der Waals surface area contributed by atoms with Crippen molar-refractivity contribution in [2.45, 2.75) is 0 Å². The average Bonchev–Trinajstić information content (AvgIpc) is 3.23. The number of benzene rings is 2. The van der Waals surface area contributed by atoms with E-state index in [9.17, 15) is 4.79 Å². The Morgan fingerprint density at radius 1 is 1.11 bits per heavy atom. The number of carbonyl (C=O) groups excluding carboxylic acids is 1. The molecule has 2 aromatic carbocycles. The van der Waals surface area contributed by atoms with Crippen molar-refractivity contribution in [1.82, 2.24) is 15.6 Å². The summed E-state index contributed by atoms with van der Waals surface area (Å²) in [6.07, 6.45) is 5.14. The molecule has 1 heterocycles. The Balaban J connectivity index is 1.64. The van der Waals surface area contributed by atoms with Gasteiger partial charge in [0.25, 0.3) is 5.91 Å². The van der Waals surface area contributed by atoms with Gasteiger partial charge in [0.15, 0.2) is 0 Å². The van der Waals surface area contributed by atoms with Crippen molar-refractivity contribution in [3.63, 3.8) is 0 Å². The third kappa shape index (κ3) is 4.64. The first kappa shape index (κ1) is 18.9. The van der Waals surface area contributed by atoms with E-state index >= 15 is 0 Å². The van der Waals surface area contributed by atoms with E-state index < -0.39 is 5.91 Å².